The Morgan fingerprint density at radius 2 is 1.37 bits per heavy atom. The average molecular weight is 318 g/mol. The number of hydrogen-bond acceptors (Lipinski definition) is 6. The van der Waals surface area contributed by atoms with Gasteiger partial charge in [0.25, 0.3) is 0 Å². The summed E-state index contributed by atoms with van der Waals surface area (Å²) < 4.78 is 46.4. The van der Waals surface area contributed by atoms with Crippen LogP contribution in [0.5, 0.6) is 0 Å². The highest BCUT2D eigenvalue weighted by atomic mass is 32.3. The first-order valence-electron chi connectivity index (χ1n) is 4.94. The molecule has 1 aromatic carbocycles. The summed E-state index contributed by atoms with van der Waals surface area (Å²) in [6.07, 6.45) is 0. The molecule has 0 unspecified atom stereocenters. The van der Waals surface area contributed by atoms with E-state index in [1.165, 1.54) is 36.4 Å². The molecule has 102 valence electrons. The fourth-order valence-corrected chi connectivity index (χ4v) is 4.95. The SMILES string of the molecule is Nc1ccc(S(=O)(=O)c2ccc(S(N)(=O)=O)s2)cc1. The van der Waals surface area contributed by atoms with Crippen molar-refractivity contribution >= 4 is 36.9 Å². The molecule has 0 bridgehead atoms. The topological polar surface area (TPSA) is 120 Å². The van der Waals surface area contributed by atoms with E-state index < -0.39 is 19.9 Å². The van der Waals surface area contributed by atoms with Crippen LogP contribution < -0.4 is 10.9 Å². The van der Waals surface area contributed by atoms with Crippen LogP contribution in [0, 0.1) is 0 Å². The van der Waals surface area contributed by atoms with Gasteiger partial charge in [0.2, 0.25) is 19.9 Å². The quantitative estimate of drug-likeness (QED) is 0.811. The Hall–Kier alpha value is -1.42. The summed E-state index contributed by atoms with van der Waals surface area (Å²) in [5.41, 5.74) is 5.92. The van der Waals surface area contributed by atoms with Gasteiger partial charge in [-0.2, -0.15) is 0 Å². The van der Waals surface area contributed by atoms with Gasteiger partial charge in [0.05, 0.1) is 4.90 Å². The minimum absolute atomic E-state index is 0.0459. The summed E-state index contributed by atoms with van der Waals surface area (Å²) in [5.74, 6) is 0. The zero-order chi connectivity index (χ0) is 14.3. The zero-order valence-electron chi connectivity index (χ0n) is 9.48. The molecule has 0 radical (unpaired) electrons. The number of rotatable bonds is 3. The van der Waals surface area contributed by atoms with E-state index in [1.54, 1.807) is 0 Å². The van der Waals surface area contributed by atoms with Gasteiger partial charge in [-0.25, -0.2) is 22.0 Å². The maximum Gasteiger partial charge on any atom is 0.247 e. The Labute approximate surface area is 114 Å². The molecular weight excluding hydrogens is 308 g/mol. The van der Waals surface area contributed by atoms with Crippen LogP contribution in [0.1, 0.15) is 0 Å². The van der Waals surface area contributed by atoms with Gasteiger partial charge in [0.15, 0.2) is 0 Å². The van der Waals surface area contributed by atoms with Crippen LogP contribution >= 0.6 is 11.3 Å². The molecule has 1 heterocycles. The Morgan fingerprint density at radius 3 is 1.84 bits per heavy atom. The molecule has 2 aromatic rings. The molecule has 4 N–H and O–H groups in total. The lowest BCUT2D eigenvalue weighted by Crippen LogP contribution is -2.09. The predicted octanol–water partition coefficient (Wildman–Crippen LogP) is 0.811. The largest absolute Gasteiger partial charge is 0.399 e. The first kappa shape index (κ1) is 14.0. The second kappa shape index (κ2) is 4.60. The molecule has 0 aliphatic carbocycles. The standard InChI is InChI=1S/C10H10N2O4S3/c11-7-1-3-8(4-2-7)18(13,14)9-5-6-10(17-9)19(12,15)16/h1-6H,11H2,(H2,12,15,16). The Balaban J connectivity index is 2.51. The lowest BCUT2D eigenvalue weighted by Gasteiger charge is -2.01. The van der Waals surface area contributed by atoms with Gasteiger partial charge >= 0.3 is 0 Å². The minimum atomic E-state index is -3.90. The number of nitrogens with two attached hydrogens (primary N) is 2. The third kappa shape index (κ3) is 2.78. The van der Waals surface area contributed by atoms with Gasteiger partial charge in [-0.3, -0.25) is 0 Å². The van der Waals surface area contributed by atoms with Gasteiger partial charge < -0.3 is 5.73 Å². The molecule has 0 spiro atoms. The van der Waals surface area contributed by atoms with Crippen LogP contribution in [0.3, 0.4) is 0 Å². The van der Waals surface area contributed by atoms with E-state index in [0.717, 1.165) is 0 Å². The summed E-state index contributed by atoms with van der Waals surface area (Å²) in [4.78, 5) is 0.0459. The van der Waals surface area contributed by atoms with Crippen molar-refractivity contribution in [2.45, 2.75) is 13.3 Å². The lowest BCUT2D eigenvalue weighted by molar-refractivity contribution is 0.597. The number of thiophene rings is 1. The van der Waals surface area contributed by atoms with E-state index in [9.17, 15) is 16.8 Å². The van der Waals surface area contributed by atoms with Crippen molar-refractivity contribution < 1.29 is 16.8 Å². The fourth-order valence-electron chi connectivity index (χ4n) is 1.36. The summed E-state index contributed by atoms with van der Waals surface area (Å²) in [7, 11) is -7.65. The molecule has 0 aliphatic heterocycles. The van der Waals surface area contributed by atoms with Crippen LogP contribution in [0.25, 0.3) is 0 Å². The van der Waals surface area contributed by atoms with Crippen LogP contribution in [-0.2, 0) is 19.9 Å². The van der Waals surface area contributed by atoms with Crippen molar-refractivity contribution in [2.24, 2.45) is 5.14 Å². The highest BCUT2D eigenvalue weighted by molar-refractivity contribution is 7.95. The van der Waals surface area contributed by atoms with Crippen molar-refractivity contribution in [3.8, 4) is 0 Å². The van der Waals surface area contributed by atoms with E-state index in [2.05, 4.69) is 0 Å². The van der Waals surface area contributed by atoms with Crippen molar-refractivity contribution in [1.82, 2.24) is 0 Å². The molecular formula is C10H10N2O4S3. The van der Waals surface area contributed by atoms with Gasteiger partial charge in [-0.15, -0.1) is 11.3 Å². The van der Waals surface area contributed by atoms with E-state index in [4.69, 9.17) is 10.9 Å². The summed E-state index contributed by atoms with van der Waals surface area (Å²) in [5, 5.41) is 4.94. The molecule has 0 saturated heterocycles. The number of sulfone groups is 1. The van der Waals surface area contributed by atoms with Crippen LogP contribution in [-0.4, -0.2) is 16.8 Å². The van der Waals surface area contributed by atoms with Crippen LogP contribution in [0.15, 0.2) is 49.7 Å². The maximum atomic E-state index is 12.2. The molecule has 0 amide bonds. The Kier molecular flexibility index (Phi) is 3.39. The normalized spacial score (nSPS) is 12.5. The smallest absolute Gasteiger partial charge is 0.247 e. The lowest BCUT2D eigenvalue weighted by atomic mass is 10.3. The first-order valence-corrected chi connectivity index (χ1v) is 8.79. The van der Waals surface area contributed by atoms with Crippen molar-refractivity contribution in [1.29, 1.82) is 0 Å². The molecule has 0 atom stereocenters. The molecule has 0 saturated carbocycles. The second-order valence-corrected chi connectivity index (χ2v) is 8.74. The van der Waals surface area contributed by atoms with E-state index >= 15 is 0 Å². The van der Waals surface area contributed by atoms with Crippen LogP contribution in [0.2, 0.25) is 0 Å². The van der Waals surface area contributed by atoms with Crippen molar-refractivity contribution in [3.63, 3.8) is 0 Å². The number of benzene rings is 1. The third-order valence-electron chi connectivity index (χ3n) is 2.29. The number of primary sulfonamides is 1. The van der Waals surface area contributed by atoms with Crippen LogP contribution in [0.4, 0.5) is 5.69 Å². The molecule has 9 heteroatoms. The Bertz CT molecular complexity index is 805. The number of nitrogen functional groups attached to an aromatic ring is 1. The molecule has 6 nitrogen and oxygen atoms in total. The van der Waals surface area contributed by atoms with Gasteiger partial charge in [-0.05, 0) is 36.4 Å². The van der Waals surface area contributed by atoms with Gasteiger partial charge in [-0.1, -0.05) is 0 Å². The second-order valence-electron chi connectivity index (χ2n) is 3.69. The molecule has 2 rings (SSSR count). The third-order valence-corrected chi connectivity index (χ3v) is 7.08. The zero-order valence-corrected chi connectivity index (χ0v) is 11.9. The minimum Gasteiger partial charge on any atom is -0.399 e. The molecule has 1 aromatic heterocycles. The molecule has 0 aliphatic rings. The average Bonchev–Trinajstić information content (AvgIpc) is 2.79. The maximum absolute atomic E-state index is 12.2. The number of hydrogen-bond donors (Lipinski definition) is 2. The highest BCUT2D eigenvalue weighted by Crippen LogP contribution is 2.29. The van der Waals surface area contributed by atoms with E-state index in [1.807, 2.05) is 0 Å². The number of anilines is 1. The first-order chi connectivity index (χ1) is 8.71. The molecule has 19 heavy (non-hydrogen) atoms. The van der Waals surface area contributed by atoms with Gasteiger partial charge in [0, 0.05) is 5.69 Å². The van der Waals surface area contributed by atoms with Crippen molar-refractivity contribution in [3.05, 3.63) is 36.4 Å². The molecule has 0 fully saturated rings. The summed E-state index contributed by atoms with van der Waals surface area (Å²) in [6.45, 7) is 0. The van der Waals surface area contributed by atoms with E-state index in [0.29, 0.717) is 17.0 Å². The highest BCUT2D eigenvalue weighted by Gasteiger charge is 2.22. The fraction of sp³-hybridized carbons (Fsp3) is 0. The number of sulfonamides is 1. The van der Waals surface area contributed by atoms with Crippen molar-refractivity contribution in [2.75, 3.05) is 5.73 Å². The summed E-state index contributed by atoms with van der Waals surface area (Å²) >= 11 is 0.614. The monoisotopic (exact) mass is 318 g/mol. The van der Waals surface area contributed by atoms with E-state index in [-0.39, 0.29) is 13.3 Å². The predicted molar refractivity (Wildman–Crippen MR) is 72.0 cm³/mol. The van der Waals surface area contributed by atoms with Gasteiger partial charge in [0.1, 0.15) is 8.42 Å². The summed E-state index contributed by atoms with van der Waals surface area (Å²) in [6, 6.07) is 8.03. The Morgan fingerprint density at radius 1 is 0.842 bits per heavy atom.